The zero-order valence-electron chi connectivity index (χ0n) is 20.3. The minimum Gasteiger partial charge on any atom is -0.408 e. The third-order valence-electron chi connectivity index (χ3n) is 9.22. The van der Waals surface area contributed by atoms with E-state index in [4.69, 9.17) is 4.43 Å². The van der Waals surface area contributed by atoms with Crippen LogP contribution in [0.15, 0.2) is 22.7 Å². The van der Waals surface area contributed by atoms with E-state index in [0.717, 1.165) is 17.8 Å². The van der Waals surface area contributed by atoms with E-state index in [9.17, 15) is 0 Å². The molecule has 6 atom stereocenters. The summed E-state index contributed by atoms with van der Waals surface area (Å²) in [6.45, 7) is 19.3. The average molecular weight is 482 g/mol. The van der Waals surface area contributed by atoms with E-state index in [0.29, 0.717) is 11.3 Å². The molecule has 2 fully saturated rings. The van der Waals surface area contributed by atoms with Gasteiger partial charge in [0.25, 0.3) is 0 Å². The summed E-state index contributed by atoms with van der Waals surface area (Å²) in [6.07, 6.45) is 14.3. The van der Waals surface area contributed by atoms with Gasteiger partial charge in [0.15, 0.2) is 8.32 Å². The van der Waals surface area contributed by atoms with E-state index >= 15 is 0 Å². The fraction of sp³-hybridized carbons (Fsp3) is 0.846. The Morgan fingerprint density at radius 2 is 1.97 bits per heavy atom. The van der Waals surface area contributed by atoms with Crippen LogP contribution in [-0.4, -0.2) is 13.9 Å². The molecule has 0 radical (unpaired) electrons. The van der Waals surface area contributed by atoms with Crippen molar-refractivity contribution < 1.29 is 4.43 Å². The molecule has 0 spiro atoms. The Morgan fingerprint density at radius 1 is 1.28 bits per heavy atom. The van der Waals surface area contributed by atoms with Crippen LogP contribution < -0.4 is 0 Å². The highest BCUT2D eigenvalue weighted by molar-refractivity contribution is 9.11. The molecule has 3 aliphatic rings. The number of hydrogen-bond acceptors (Lipinski definition) is 1. The zero-order chi connectivity index (χ0) is 21.7. The van der Waals surface area contributed by atoms with Crippen LogP contribution in [0.25, 0.3) is 0 Å². The number of halogens is 1. The molecule has 0 aromatic carbocycles. The summed E-state index contributed by atoms with van der Waals surface area (Å²) in [4.78, 5) is 2.26. The Kier molecular flexibility index (Phi) is 6.76. The Labute approximate surface area is 190 Å². The number of hydrogen-bond donors (Lipinski definition) is 0. The van der Waals surface area contributed by atoms with Gasteiger partial charge in [-0.3, -0.25) is 0 Å². The van der Waals surface area contributed by atoms with Gasteiger partial charge in [0.05, 0.1) is 5.60 Å². The number of rotatable bonds is 5. The van der Waals surface area contributed by atoms with Gasteiger partial charge in [0, 0.05) is 0 Å². The largest absolute Gasteiger partial charge is 0.408 e. The normalized spacial score (nSPS) is 40.4. The summed E-state index contributed by atoms with van der Waals surface area (Å²) in [5, 5.41) is 0.268. The van der Waals surface area contributed by atoms with Gasteiger partial charge in [-0.25, -0.2) is 0 Å². The van der Waals surface area contributed by atoms with Crippen molar-refractivity contribution >= 4 is 24.2 Å². The first kappa shape index (κ1) is 23.8. The Bertz CT molecular complexity index is 660. The smallest absolute Gasteiger partial charge is 0.193 e. The highest BCUT2D eigenvalue weighted by Crippen LogP contribution is 2.60. The molecule has 0 aromatic rings. The molecule has 0 N–H and O–H groups in total. The fourth-order valence-electron chi connectivity index (χ4n) is 6.76. The second kappa shape index (κ2) is 8.24. The molecule has 0 bridgehead atoms. The Hall–Kier alpha value is 0.137. The van der Waals surface area contributed by atoms with Crippen molar-refractivity contribution in [1.82, 2.24) is 0 Å². The molecule has 166 valence electrons. The summed E-state index contributed by atoms with van der Waals surface area (Å²) in [7, 11) is -1.75. The highest BCUT2D eigenvalue weighted by atomic mass is 79.9. The van der Waals surface area contributed by atoms with Gasteiger partial charge in [0.1, 0.15) is 0 Å². The molecule has 1 nitrogen and oxygen atoms in total. The number of fused-ring (bicyclic) bond motifs is 1. The Balaban J connectivity index is 1.63. The first-order valence-corrected chi connectivity index (χ1v) is 15.8. The maximum Gasteiger partial charge on any atom is 0.193 e. The molecule has 29 heavy (non-hydrogen) atoms. The molecule has 0 aromatic heterocycles. The van der Waals surface area contributed by atoms with Crippen molar-refractivity contribution in [2.75, 3.05) is 0 Å². The van der Waals surface area contributed by atoms with Crippen molar-refractivity contribution in [1.29, 1.82) is 0 Å². The van der Waals surface area contributed by atoms with Gasteiger partial charge in [-0.2, -0.15) is 0 Å². The maximum atomic E-state index is 6.86. The zero-order valence-corrected chi connectivity index (χ0v) is 22.9. The lowest BCUT2D eigenvalue weighted by Crippen LogP contribution is -2.47. The van der Waals surface area contributed by atoms with Crippen LogP contribution in [0.4, 0.5) is 0 Å². The van der Waals surface area contributed by atoms with Crippen LogP contribution in [-0.2, 0) is 4.43 Å². The third-order valence-corrected chi connectivity index (χ3v) is 14.4. The van der Waals surface area contributed by atoms with E-state index in [1.54, 1.807) is 5.57 Å². The second-order valence-corrected chi connectivity index (χ2v) is 17.7. The molecule has 2 saturated carbocycles. The summed E-state index contributed by atoms with van der Waals surface area (Å²) in [5.74, 6) is 3.16. The minimum absolute atomic E-state index is 0.0633. The lowest BCUT2D eigenvalue weighted by atomic mass is 9.61. The van der Waals surface area contributed by atoms with Crippen molar-refractivity contribution in [3.63, 3.8) is 0 Å². The predicted octanol–water partition coefficient (Wildman–Crippen LogP) is 8.86. The summed E-state index contributed by atoms with van der Waals surface area (Å²) < 4.78 is 6.86. The topological polar surface area (TPSA) is 9.23 Å². The second-order valence-electron chi connectivity index (χ2n) is 12.5. The average Bonchev–Trinajstić information content (AvgIpc) is 3.12. The summed E-state index contributed by atoms with van der Waals surface area (Å²) >= 11 is 3.67. The van der Waals surface area contributed by atoms with E-state index < -0.39 is 8.32 Å². The van der Waals surface area contributed by atoms with Crippen LogP contribution in [0.1, 0.15) is 86.5 Å². The van der Waals surface area contributed by atoms with E-state index in [-0.39, 0.29) is 10.6 Å². The molecule has 3 aliphatic carbocycles. The molecule has 0 saturated heterocycles. The van der Waals surface area contributed by atoms with E-state index in [2.05, 4.69) is 87.7 Å². The van der Waals surface area contributed by atoms with E-state index in [1.165, 1.54) is 44.9 Å². The summed E-state index contributed by atoms with van der Waals surface area (Å²) in [5.41, 5.74) is 2.14. The molecular weight excluding hydrogens is 436 g/mol. The molecular formula is C26H45BrOSi. The lowest BCUT2D eigenvalue weighted by molar-refractivity contribution is 0.0791. The van der Waals surface area contributed by atoms with Crippen molar-refractivity contribution in [3.8, 4) is 0 Å². The molecule has 0 aliphatic heterocycles. The van der Waals surface area contributed by atoms with Gasteiger partial charge >= 0.3 is 0 Å². The number of allylic oxidation sites excluding steroid dienone is 2. The van der Waals surface area contributed by atoms with Gasteiger partial charge in [-0.1, -0.05) is 68.3 Å². The SMILES string of the molecule is C[C@H](C[C@@H]1C=C[C@@](C)(O[Si](C)(C)C(C)(C)C)C1)[C@H]1CCC2/C(=C/Br)CCC[C@@]21C. The highest BCUT2D eigenvalue weighted by Gasteiger charge is 2.51. The molecule has 0 heterocycles. The third kappa shape index (κ3) is 4.67. The van der Waals surface area contributed by atoms with Crippen LogP contribution >= 0.6 is 15.9 Å². The molecule has 1 unspecified atom stereocenters. The summed E-state index contributed by atoms with van der Waals surface area (Å²) in [6, 6.07) is 0. The maximum absolute atomic E-state index is 6.86. The van der Waals surface area contributed by atoms with Gasteiger partial charge < -0.3 is 4.43 Å². The van der Waals surface area contributed by atoms with Crippen LogP contribution in [0.5, 0.6) is 0 Å². The van der Waals surface area contributed by atoms with Crippen molar-refractivity contribution in [3.05, 3.63) is 22.7 Å². The van der Waals surface area contributed by atoms with Crippen molar-refractivity contribution in [2.45, 2.75) is 110 Å². The molecule has 3 heteroatoms. The first-order chi connectivity index (χ1) is 13.3. The first-order valence-electron chi connectivity index (χ1n) is 12.0. The van der Waals surface area contributed by atoms with Gasteiger partial charge in [-0.15, -0.1) is 0 Å². The quantitative estimate of drug-likeness (QED) is 0.281. The lowest BCUT2D eigenvalue weighted by Gasteiger charge is -2.45. The van der Waals surface area contributed by atoms with Crippen molar-refractivity contribution in [2.24, 2.45) is 29.1 Å². The van der Waals surface area contributed by atoms with Gasteiger partial charge in [-0.05, 0) is 104 Å². The standard InChI is InChI=1S/C26H45BrOSi/c1-19(22-11-12-23-21(18-27)10-9-14-26(22,23)6)16-20-13-15-25(5,17-20)28-29(7,8)24(2,3)4/h13,15,18-20,22-23H,9-12,14,16-17H2,1-8H3/b21-18+/t19-,20+,22-,23?,25-,26-/m1/s1. The molecule has 0 amide bonds. The van der Waals surface area contributed by atoms with Crippen LogP contribution in [0.2, 0.25) is 18.1 Å². The van der Waals surface area contributed by atoms with Crippen LogP contribution in [0.3, 0.4) is 0 Å². The predicted molar refractivity (Wildman–Crippen MR) is 133 cm³/mol. The van der Waals surface area contributed by atoms with E-state index in [1.807, 2.05) is 0 Å². The molecule has 3 rings (SSSR count). The fourth-order valence-corrected chi connectivity index (χ4v) is 8.93. The minimum atomic E-state index is -1.75. The van der Waals surface area contributed by atoms with Gasteiger partial charge in [0.2, 0.25) is 0 Å². The monoisotopic (exact) mass is 480 g/mol. The van der Waals surface area contributed by atoms with Crippen LogP contribution in [0, 0.1) is 29.1 Å². The Morgan fingerprint density at radius 3 is 2.59 bits per heavy atom.